The van der Waals surface area contributed by atoms with Crippen LogP contribution in [-0.4, -0.2) is 32.8 Å². The second-order valence-electron chi connectivity index (χ2n) is 7.69. The van der Waals surface area contributed by atoms with Crippen molar-refractivity contribution in [2.24, 2.45) is 0 Å². The van der Waals surface area contributed by atoms with Crippen molar-refractivity contribution in [3.8, 4) is 17.0 Å². The lowest BCUT2D eigenvalue weighted by molar-refractivity contribution is -0.115. The number of benzene rings is 2. The molecule has 0 spiro atoms. The van der Waals surface area contributed by atoms with Gasteiger partial charge < -0.3 is 15.2 Å². The van der Waals surface area contributed by atoms with Crippen LogP contribution in [0.4, 0.5) is 10.1 Å². The Kier molecular flexibility index (Phi) is 6.77. The van der Waals surface area contributed by atoms with E-state index >= 15 is 0 Å². The summed E-state index contributed by atoms with van der Waals surface area (Å²) in [5, 5.41) is 30.6. The maximum Gasteiger partial charge on any atom is 0.243 e. The lowest BCUT2D eigenvalue weighted by Gasteiger charge is -2.14. The Labute approximate surface area is 200 Å². The van der Waals surface area contributed by atoms with Crippen molar-refractivity contribution >= 4 is 34.3 Å². The van der Waals surface area contributed by atoms with E-state index in [0.717, 1.165) is 0 Å². The number of pyridine rings is 2. The number of fused-ring (bicyclic) bond motifs is 1. The molecule has 0 aliphatic heterocycles. The summed E-state index contributed by atoms with van der Waals surface area (Å²) in [4.78, 5) is 20.4. The first-order valence-corrected chi connectivity index (χ1v) is 10.8. The lowest BCUT2D eigenvalue weighted by Crippen LogP contribution is -2.16. The number of halogens is 1. The Morgan fingerprint density at radius 2 is 1.80 bits per heavy atom. The number of aromatic hydroxyl groups is 1. The molecule has 176 valence electrons. The minimum atomic E-state index is -0.518. The van der Waals surface area contributed by atoms with Crippen molar-refractivity contribution < 1.29 is 19.0 Å². The first kappa shape index (κ1) is 23.5. The number of aromatic nitrogens is 2. The minimum absolute atomic E-state index is 0.0348. The normalized spacial score (nSPS) is 10.7. The molecular formula is C26H22FN5O3. The number of carbonyl (C=O) groups is 1. The topological polar surface area (TPSA) is 132 Å². The Morgan fingerprint density at radius 3 is 2.49 bits per heavy atom. The maximum absolute atomic E-state index is 13.1. The second kappa shape index (κ2) is 10.1. The number of nitrogens with zero attached hydrogens (tertiary/aromatic N) is 2. The van der Waals surface area contributed by atoms with Gasteiger partial charge in [-0.1, -0.05) is 31.2 Å². The van der Waals surface area contributed by atoms with E-state index in [-0.39, 0.29) is 41.0 Å². The summed E-state index contributed by atoms with van der Waals surface area (Å²) in [7, 11) is 0. The van der Waals surface area contributed by atoms with Crippen molar-refractivity contribution in [2.75, 3.05) is 5.32 Å². The van der Waals surface area contributed by atoms with Crippen molar-refractivity contribution in [2.45, 2.75) is 19.8 Å². The van der Waals surface area contributed by atoms with Gasteiger partial charge in [-0.2, -0.15) is 0 Å². The number of hydrogen-bond acceptors (Lipinski definition) is 7. The van der Waals surface area contributed by atoms with Crippen LogP contribution >= 0.6 is 0 Å². The summed E-state index contributed by atoms with van der Waals surface area (Å²) in [5.74, 6) is -1.61. The van der Waals surface area contributed by atoms with Crippen LogP contribution in [0.25, 0.3) is 22.2 Å². The van der Waals surface area contributed by atoms with Crippen LogP contribution in [0.2, 0.25) is 0 Å². The van der Waals surface area contributed by atoms with Crippen molar-refractivity contribution in [1.82, 2.24) is 9.97 Å². The van der Waals surface area contributed by atoms with Crippen molar-refractivity contribution in [3.05, 3.63) is 83.9 Å². The van der Waals surface area contributed by atoms with Gasteiger partial charge in [-0.25, -0.2) is 9.37 Å². The van der Waals surface area contributed by atoms with E-state index in [1.54, 1.807) is 43.3 Å². The molecule has 0 aliphatic carbocycles. The van der Waals surface area contributed by atoms with E-state index in [4.69, 9.17) is 15.6 Å². The smallest absolute Gasteiger partial charge is 0.243 e. The van der Waals surface area contributed by atoms with Gasteiger partial charge in [0.2, 0.25) is 11.8 Å². The average Bonchev–Trinajstić information content (AvgIpc) is 2.86. The highest BCUT2D eigenvalue weighted by atomic mass is 19.1. The summed E-state index contributed by atoms with van der Waals surface area (Å²) < 4.78 is 18.5. The zero-order valence-corrected chi connectivity index (χ0v) is 18.8. The molecule has 0 saturated heterocycles. The number of anilines is 1. The molecule has 2 aromatic heterocycles. The molecule has 4 aromatic rings. The quantitative estimate of drug-likeness (QED) is 0.231. The lowest BCUT2D eigenvalue weighted by atomic mass is 10.0. The molecule has 0 bridgehead atoms. The van der Waals surface area contributed by atoms with Crippen LogP contribution in [0, 0.1) is 16.6 Å². The largest absolute Gasteiger partial charge is 0.504 e. The standard InChI is InChI=1S/C26H22FN5O3/c1-2-21(33)31-18-11-7-16(8-12-18)22-19-4-3-13-30-23(19)25(34)24(32-22)26(29)35-20(28)14-15-5-9-17(27)10-6-15/h3-13,28-29,34H,2,14H2,1H3,(H,31,33). The third kappa shape index (κ3) is 5.30. The number of nitrogens with one attached hydrogen (secondary N) is 3. The second-order valence-corrected chi connectivity index (χ2v) is 7.69. The van der Waals surface area contributed by atoms with E-state index in [1.165, 1.54) is 30.5 Å². The molecule has 0 radical (unpaired) electrons. The van der Waals surface area contributed by atoms with Crippen LogP contribution in [0.1, 0.15) is 24.6 Å². The van der Waals surface area contributed by atoms with Crippen LogP contribution in [0.5, 0.6) is 5.75 Å². The van der Waals surface area contributed by atoms with Crippen molar-refractivity contribution in [1.29, 1.82) is 10.8 Å². The molecule has 0 aliphatic rings. The van der Waals surface area contributed by atoms with E-state index in [0.29, 0.717) is 34.3 Å². The van der Waals surface area contributed by atoms with E-state index in [9.17, 15) is 14.3 Å². The third-order valence-corrected chi connectivity index (χ3v) is 5.22. The summed E-state index contributed by atoms with van der Waals surface area (Å²) >= 11 is 0. The molecule has 0 fully saturated rings. The maximum atomic E-state index is 13.1. The fourth-order valence-electron chi connectivity index (χ4n) is 3.46. The molecule has 9 heteroatoms. The fourth-order valence-corrected chi connectivity index (χ4v) is 3.46. The minimum Gasteiger partial charge on any atom is -0.504 e. The first-order valence-electron chi connectivity index (χ1n) is 10.8. The Balaban J connectivity index is 1.65. The molecule has 4 rings (SSSR count). The van der Waals surface area contributed by atoms with Crippen LogP contribution < -0.4 is 5.32 Å². The predicted octanol–water partition coefficient (Wildman–Crippen LogP) is 5.05. The Bertz CT molecular complexity index is 1420. The molecule has 0 unspecified atom stereocenters. The Hall–Kier alpha value is -4.66. The summed E-state index contributed by atoms with van der Waals surface area (Å²) in [6.45, 7) is 1.76. The van der Waals surface area contributed by atoms with Crippen LogP contribution in [-0.2, 0) is 16.0 Å². The summed E-state index contributed by atoms with van der Waals surface area (Å²) in [5.41, 5.74) is 2.46. The molecule has 4 N–H and O–H groups in total. The zero-order valence-electron chi connectivity index (χ0n) is 18.8. The van der Waals surface area contributed by atoms with Crippen LogP contribution in [0.3, 0.4) is 0 Å². The van der Waals surface area contributed by atoms with Gasteiger partial charge in [-0.05, 0) is 42.0 Å². The highest BCUT2D eigenvalue weighted by Crippen LogP contribution is 2.34. The summed E-state index contributed by atoms with van der Waals surface area (Å²) in [6, 6.07) is 16.1. The van der Waals surface area contributed by atoms with Gasteiger partial charge in [0.05, 0.1) is 5.69 Å². The SMILES string of the molecule is CCC(=O)Nc1ccc(-c2nc(C(=N)OC(=N)Cc3ccc(F)cc3)c(O)c3ncccc23)cc1. The first-order chi connectivity index (χ1) is 16.9. The number of rotatable bonds is 6. The van der Waals surface area contributed by atoms with Gasteiger partial charge >= 0.3 is 0 Å². The molecule has 2 aromatic carbocycles. The van der Waals surface area contributed by atoms with Gasteiger partial charge in [0, 0.05) is 35.7 Å². The average molecular weight is 471 g/mol. The van der Waals surface area contributed by atoms with Gasteiger partial charge in [-0.3, -0.25) is 20.6 Å². The van der Waals surface area contributed by atoms with Gasteiger partial charge in [0.25, 0.3) is 0 Å². The highest BCUT2D eigenvalue weighted by Gasteiger charge is 2.21. The van der Waals surface area contributed by atoms with Gasteiger partial charge in [0.15, 0.2) is 17.3 Å². The molecule has 2 heterocycles. The molecule has 0 atom stereocenters. The number of amides is 1. The van der Waals surface area contributed by atoms with Crippen LogP contribution in [0.15, 0.2) is 66.9 Å². The molecule has 1 amide bonds. The van der Waals surface area contributed by atoms with E-state index in [2.05, 4.69) is 15.3 Å². The molecule has 35 heavy (non-hydrogen) atoms. The molecular weight excluding hydrogens is 449 g/mol. The highest BCUT2D eigenvalue weighted by molar-refractivity contribution is 6.06. The van der Waals surface area contributed by atoms with Gasteiger partial charge in [-0.15, -0.1) is 0 Å². The van der Waals surface area contributed by atoms with E-state index < -0.39 is 5.90 Å². The number of hydrogen-bond donors (Lipinski definition) is 4. The summed E-state index contributed by atoms with van der Waals surface area (Å²) in [6.07, 6.45) is 1.91. The zero-order chi connectivity index (χ0) is 24.9. The molecule has 0 saturated carbocycles. The number of carbonyl (C=O) groups excluding carboxylic acids is 1. The predicted molar refractivity (Wildman–Crippen MR) is 131 cm³/mol. The third-order valence-electron chi connectivity index (χ3n) is 5.22. The van der Waals surface area contributed by atoms with Crippen molar-refractivity contribution in [3.63, 3.8) is 0 Å². The van der Waals surface area contributed by atoms with Gasteiger partial charge in [0.1, 0.15) is 11.3 Å². The molecule has 8 nitrogen and oxygen atoms in total. The monoisotopic (exact) mass is 471 g/mol. The fraction of sp³-hybridized carbons (Fsp3) is 0.115. The Morgan fingerprint density at radius 1 is 1.09 bits per heavy atom. The number of ether oxygens (including phenoxy) is 1. The van der Waals surface area contributed by atoms with E-state index in [1.807, 2.05) is 0 Å².